The van der Waals surface area contributed by atoms with Crippen LogP contribution in [0.4, 0.5) is 13.2 Å². The van der Waals surface area contributed by atoms with Crippen LogP contribution in [0.2, 0.25) is 10.0 Å². The molecule has 0 amide bonds. The first-order valence-electron chi connectivity index (χ1n) is 5.55. The van der Waals surface area contributed by atoms with Crippen molar-refractivity contribution in [3.05, 3.63) is 57.6 Å². The topological polar surface area (TPSA) is 33.0 Å². The number of alkyl halides is 3. The lowest BCUT2D eigenvalue weighted by Gasteiger charge is -2.12. The minimum atomic E-state index is -4.64. The number of rotatable bonds is 2. The third kappa shape index (κ3) is 3.60. The van der Waals surface area contributed by atoms with Gasteiger partial charge in [0.2, 0.25) is 0 Å². The molecule has 0 unspecified atom stereocenters. The molecule has 0 fully saturated rings. The lowest BCUT2D eigenvalue weighted by atomic mass is 10.1. The maximum atomic E-state index is 12.8. The first-order chi connectivity index (χ1) is 9.81. The van der Waals surface area contributed by atoms with Crippen molar-refractivity contribution in [2.75, 3.05) is 0 Å². The molecule has 0 radical (unpaired) electrons. The van der Waals surface area contributed by atoms with Crippen molar-refractivity contribution in [1.82, 2.24) is 0 Å². The van der Waals surface area contributed by atoms with Gasteiger partial charge in [0, 0.05) is 5.02 Å². The van der Waals surface area contributed by atoms with Crippen molar-refractivity contribution in [2.45, 2.75) is 6.18 Å². The van der Waals surface area contributed by atoms with Gasteiger partial charge in [0.05, 0.1) is 22.2 Å². The summed E-state index contributed by atoms with van der Waals surface area (Å²) >= 11 is 11.6. The zero-order valence-corrected chi connectivity index (χ0v) is 11.7. The van der Waals surface area contributed by atoms with E-state index >= 15 is 0 Å². The van der Waals surface area contributed by atoms with Crippen molar-refractivity contribution in [1.29, 1.82) is 5.26 Å². The Kier molecular flexibility index (Phi) is 4.31. The summed E-state index contributed by atoms with van der Waals surface area (Å²) < 4.78 is 43.8. The molecule has 108 valence electrons. The molecule has 2 rings (SSSR count). The van der Waals surface area contributed by atoms with Gasteiger partial charge < -0.3 is 4.74 Å². The van der Waals surface area contributed by atoms with Crippen molar-refractivity contribution in [2.24, 2.45) is 0 Å². The minimum Gasteiger partial charge on any atom is -0.456 e. The molecular formula is C14H6Cl2F3NO. The minimum absolute atomic E-state index is 0.0782. The third-order valence-electron chi connectivity index (χ3n) is 2.54. The number of ether oxygens (including phenoxy) is 1. The number of nitrogens with zero attached hydrogens (tertiary/aromatic N) is 1. The van der Waals surface area contributed by atoms with Crippen LogP contribution in [0.1, 0.15) is 11.1 Å². The third-order valence-corrected chi connectivity index (χ3v) is 3.07. The zero-order chi connectivity index (χ0) is 15.6. The van der Waals surface area contributed by atoms with E-state index in [0.29, 0.717) is 5.02 Å². The van der Waals surface area contributed by atoms with Crippen LogP contribution in [-0.4, -0.2) is 0 Å². The Morgan fingerprint density at radius 3 is 2.33 bits per heavy atom. The zero-order valence-electron chi connectivity index (χ0n) is 10.2. The summed E-state index contributed by atoms with van der Waals surface area (Å²) in [6.07, 6.45) is -4.64. The highest BCUT2D eigenvalue weighted by molar-refractivity contribution is 6.35. The van der Waals surface area contributed by atoms with E-state index < -0.39 is 17.3 Å². The summed E-state index contributed by atoms with van der Waals surface area (Å²) in [4.78, 5) is 0. The van der Waals surface area contributed by atoms with Gasteiger partial charge in [-0.05, 0) is 36.4 Å². The highest BCUT2D eigenvalue weighted by Crippen LogP contribution is 2.37. The average molecular weight is 332 g/mol. The van der Waals surface area contributed by atoms with Gasteiger partial charge in [-0.1, -0.05) is 23.2 Å². The van der Waals surface area contributed by atoms with E-state index in [1.807, 2.05) is 0 Å². The van der Waals surface area contributed by atoms with E-state index in [4.69, 9.17) is 33.2 Å². The number of hydrogen-bond donors (Lipinski definition) is 0. The van der Waals surface area contributed by atoms with Crippen molar-refractivity contribution >= 4 is 23.2 Å². The molecule has 0 saturated heterocycles. The molecule has 2 nitrogen and oxygen atoms in total. The number of halogens is 5. The standard InChI is InChI=1S/C14H6Cl2F3NO/c15-9-2-4-13(12(16)5-9)21-10-3-1-8(7-20)11(6-10)14(17,18)19/h1-6H. The van der Waals surface area contributed by atoms with Crippen molar-refractivity contribution < 1.29 is 17.9 Å². The maximum absolute atomic E-state index is 12.8. The fourth-order valence-electron chi connectivity index (χ4n) is 1.60. The molecule has 0 atom stereocenters. The quantitative estimate of drug-likeness (QED) is 0.709. The van der Waals surface area contributed by atoms with Crippen LogP contribution in [0.15, 0.2) is 36.4 Å². The summed E-state index contributed by atoms with van der Waals surface area (Å²) in [6, 6.07) is 8.90. The molecule has 0 aliphatic heterocycles. The summed E-state index contributed by atoms with van der Waals surface area (Å²) in [6.45, 7) is 0. The number of hydrogen-bond acceptors (Lipinski definition) is 2. The van der Waals surface area contributed by atoms with Crippen LogP contribution in [0, 0.1) is 11.3 Å². The lowest BCUT2D eigenvalue weighted by molar-refractivity contribution is -0.137. The second-order valence-electron chi connectivity index (χ2n) is 3.99. The predicted octanol–water partition coefficient (Wildman–Crippen LogP) is 5.68. The molecule has 0 bridgehead atoms. The number of benzene rings is 2. The normalized spacial score (nSPS) is 11.0. The van der Waals surface area contributed by atoms with Gasteiger partial charge >= 0.3 is 6.18 Å². The smallest absolute Gasteiger partial charge is 0.417 e. The van der Waals surface area contributed by atoms with Gasteiger partial charge in [0.15, 0.2) is 0 Å². The van der Waals surface area contributed by atoms with Gasteiger partial charge in [-0.15, -0.1) is 0 Å². The van der Waals surface area contributed by atoms with E-state index in [1.165, 1.54) is 30.3 Å². The lowest BCUT2D eigenvalue weighted by Crippen LogP contribution is -2.07. The fraction of sp³-hybridized carbons (Fsp3) is 0.0714. The van der Waals surface area contributed by atoms with Gasteiger partial charge in [0.1, 0.15) is 11.5 Å². The highest BCUT2D eigenvalue weighted by atomic mass is 35.5. The van der Waals surface area contributed by atoms with Crippen LogP contribution in [0.3, 0.4) is 0 Å². The number of nitriles is 1. The molecule has 0 heterocycles. The summed E-state index contributed by atoms with van der Waals surface area (Å²) in [7, 11) is 0. The van der Waals surface area contributed by atoms with Crippen molar-refractivity contribution in [3.63, 3.8) is 0 Å². The molecule has 7 heteroatoms. The van der Waals surface area contributed by atoms with E-state index in [2.05, 4.69) is 0 Å². The molecule has 0 aromatic heterocycles. The van der Waals surface area contributed by atoms with Gasteiger partial charge in [-0.25, -0.2) is 0 Å². The summed E-state index contributed by atoms with van der Waals surface area (Å²) in [5, 5.41) is 9.26. The van der Waals surface area contributed by atoms with Gasteiger partial charge in [-0.2, -0.15) is 18.4 Å². The Bertz CT molecular complexity index is 723. The van der Waals surface area contributed by atoms with Gasteiger partial charge in [-0.3, -0.25) is 0 Å². The molecule has 0 aliphatic carbocycles. The second-order valence-corrected chi connectivity index (χ2v) is 4.84. The van der Waals surface area contributed by atoms with Crippen LogP contribution >= 0.6 is 23.2 Å². The van der Waals surface area contributed by atoms with Crippen LogP contribution in [0.5, 0.6) is 11.5 Å². The van der Waals surface area contributed by atoms with Crippen LogP contribution in [0.25, 0.3) is 0 Å². The molecule has 2 aromatic rings. The highest BCUT2D eigenvalue weighted by Gasteiger charge is 2.34. The van der Waals surface area contributed by atoms with Crippen LogP contribution < -0.4 is 4.74 Å². The average Bonchev–Trinajstić information content (AvgIpc) is 2.41. The predicted molar refractivity (Wildman–Crippen MR) is 72.7 cm³/mol. The Morgan fingerprint density at radius 2 is 1.76 bits per heavy atom. The summed E-state index contributed by atoms with van der Waals surface area (Å²) in [5.74, 6) is 0.0875. The second kappa shape index (κ2) is 5.84. The Labute approximate surface area is 128 Å². The summed E-state index contributed by atoms with van der Waals surface area (Å²) in [5.41, 5.74) is -1.54. The Morgan fingerprint density at radius 1 is 1.05 bits per heavy atom. The fourth-order valence-corrected chi connectivity index (χ4v) is 2.05. The van der Waals surface area contributed by atoms with Crippen molar-refractivity contribution in [3.8, 4) is 17.6 Å². The molecular weight excluding hydrogens is 326 g/mol. The maximum Gasteiger partial charge on any atom is 0.417 e. The first kappa shape index (κ1) is 15.5. The molecule has 21 heavy (non-hydrogen) atoms. The van der Waals surface area contributed by atoms with E-state index in [1.54, 1.807) is 0 Å². The van der Waals surface area contributed by atoms with E-state index in [-0.39, 0.29) is 16.5 Å². The largest absolute Gasteiger partial charge is 0.456 e. The molecule has 2 aromatic carbocycles. The SMILES string of the molecule is N#Cc1ccc(Oc2ccc(Cl)cc2Cl)cc1C(F)(F)F. The molecule has 0 saturated carbocycles. The Balaban J connectivity index is 2.40. The van der Waals surface area contributed by atoms with Gasteiger partial charge in [0.25, 0.3) is 0 Å². The first-order valence-corrected chi connectivity index (χ1v) is 6.31. The van der Waals surface area contributed by atoms with E-state index in [9.17, 15) is 13.2 Å². The van der Waals surface area contributed by atoms with Crippen LogP contribution in [-0.2, 0) is 6.18 Å². The Hall–Kier alpha value is -1.90. The molecule has 0 spiro atoms. The monoisotopic (exact) mass is 331 g/mol. The van der Waals surface area contributed by atoms with E-state index in [0.717, 1.165) is 12.1 Å². The molecule has 0 aliphatic rings. The molecule has 0 N–H and O–H groups in total.